The molecule has 1 aromatic carbocycles. The number of benzene rings is 1. The lowest BCUT2D eigenvalue weighted by Crippen LogP contribution is -2.49. The van der Waals surface area contributed by atoms with Gasteiger partial charge in [-0.3, -0.25) is 14.8 Å². The van der Waals surface area contributed by atoms with Crippen molar-refractivity contribution in [2.24, 2.45) is 0 Å². The predicted octanol–water partition coefficient (Wildman–Crippen LogP) is 3.51. The molecule has 1 N–H and O–H groups in total. The third-order valence-electron chi connectivity index (χ3n) is 4.96. The van der Waals surface area contributed by atoms with Crippen LogP contribution >= 0.6 is 0 Å². The van der Waals surface area contributed by atoms with Gasteiger partial charge in [0.2, 0.25) is 0 Å². The minimum absolute atomic E-state index is 0.227. The van der Waals surface area contributed by atoms with Gasteiger partial charge in [-0.05, 0) is 12.8 Å². The molecule has 1 saturated carbocycles. The quantitative estimate of drug-likeness (QED) is 0.714. The minimum Gasteiger partial charge on any atom is -0.334 e. The van der Waals surface area contributed by atoms with Crippen LogP contribution in [0.4, 0.5) is 0 Å². The largest absolute Gasteiger partial charge is 0.334 e. The predicted molar refractivity (Wildman–Crippen MR) is 104 cm³/mol. The van der Waals surface area contributed by atoms with E-state index >= 15 is 0 Å². The summed E-state index contributed by atoms with van der Waals surface area (Å²) < 4.78 is 0. The molecular formula is C22H20N4O. The van der Waals surface area contributed by atoms with Gasteiger partial charge in [-0.2, -0.15) is 0 Å². The van der Waals surface area contributed by atoms with Crippen LogP contribution in [0.25, 0.3) is 10.8 Å². The molecule has 2 heterocycles. The summed E-state index contributed by atoms with van der Waals surface area (Å²) in [6.07, 6.45) is 13.1. The van der Waals surface area contributed by atoms with E-state index in [1.165, 1.54) is 18.8 Å². The number of rotatable bonds is 2. The first-order valence-corrected chi connectivity index (χ1v) is 9.20. The lowest BCUT2D eigenvalue weighted by molar-refractivity contribution is 0.0898. The van der Waals surface area contributed by atoms with E-state index in [-0.39, 0.29) is 5.91 Å². The van der Waals surface area contributed by atoms with E-state index in [0.717, 1.165) is 42.0 Å². The zero-order valence-corrected chi connectivity index (χ0v) is 15.0. The second-order valence-corrected chi connectivity index (χ2v) is 6.85. The Labute approximate surface area is 158 Å². The average Bonchev–Trinajstić information content (AvgIpc) is 2.73. The van der Waals surface area contributed by atoms with Crippen molar-refractivity contribution in [3.63, 3.8) is 0 Å². The van der Waals surface area contributed by atoms with Crippen molar-refractivity contribution in [1.82, 2.24) is 20.3 Å². The molecule has 0 saturated heterocycles. The maximum absolute atomic E-state index is 12.6. The Morgan fingerprint density at radius 3 is 2.67 bits per heavy atom. The molecule has 0 radical (unpaired) electrons. The molecule has 5 heteroatoms. The summed E-state index contributed by atoms with van der Waals surface area (Å²) in [6.45, 7) is 0. The van der Waals surface area contributed by atoms with E-state index in [4.69, 9.17) is 0 Å². The van der Waals surface area contributed by atoms with Crippen LogP contribution < -0.4 is 5.32 Å². The van der Waals surface area contributed by atoms with Crippen LogP contribution in [0.3, 0.4) is 0 Å². The zero-order chi connectivity index (χ0) is 18.5. The van der Waals surface area contributed by atoms with E-state index in [0.29, 0.717) is 5.69 Å². The number of carbonyl (C=O) groups excluding carboxylic acids is 1. The van der Waals surface area contributed by atoms with Crippen molar-refractivity contribution < 1.29 is 4.79 Å². The lowest BCUT2D eigenvalue weighted by atomic mass is 9.81. The van der Waals surface area contributed by atoms with Gasteiger partial charge in [0, 0.05) is 35.6 Å². The smallest absolute Gasteiger partial charge is 0.272 e. The lowest BCUT2D eigenvalue weighted by Gasteiger charge is -2.33. The first-order valence-electron chi connectivity index (χ1n) is 9.20. The highest BCUT2D eigenvalue weighted by Crippen LogP contribution is 2.28. The van der Waals surface area contributed by atoms with Crippen molar-refractivity contribution >= 4 is 16.7 Å². The highest BCUT2D eigenvalue weighted by molar-refractivity contribution is 5.93. The van der Waals surface area contributed by atoms with Crippen LogP contribution in [0.15, 0.2) is 55.2 Å². The topological polar surface area (TPSA) is 67.8 Å². The van der Waals surface area contributed by atoms with Crippen molar-refractivity contribution in [2.75, 3.05) is 0 Å². The molecule has 1 amide bonds. The van der Waals surface area contributed by atoms with Crippen LogP contribution in [0.1, 0.15) is 48.2 Å². The fourth-order valence-electron chi connectivity index (χ4n) is 3.54. The highest BCUT2D eigenvalue weighted by atomic mass is 16.2. The number of aromatic nitrogens is 3. The number of carbonyl (C=O) groups is 1. The van der Waals surface area contributed by atoms with Gasteiger partial charge in [0.15, 0.2) is 0 Å². The summed E-state index contributed by atoms with van der Waals surface area (Å²) >= 11 is 0. The van der Waals surface area contributed by atoms with Gasteiger partial charge in [0.1, 0.15) is 11.2 Å². The normalized spacial score (nSPS) is 15.6. The number of nitrogens with zero attached hydrogens (tertiary/aromatic N) is 3. The Morgan fingerprint density at radius 2 is 1.85 bits per heavy atom. The summed E-state index contributed by atoms with van der Waals surface area (Å²) in [6, 6.07) is 8.07. The van der Waals surface area contributed by atoms with Gasteiger partial charge in [-0.1, -0.05) is 55.4 Å². The molecule has 27 heavy (non-hydrogen) atoms. The number of fused-ring (bicyclic) bond motifs is 1. The SMILES string of the molecule is O=C(NC1(C#Cc2cncc3ccccc23)CCCCC1)c1cnccn1. The van der Waals surface area contributed by atoms with E-state index in [9.17, 15) is 4.79 Å². The molecule has 134 valence electrons. The molecule has 0 bridgehead atoms. The van der Waals surface area contributed by atoms with Gasteiger partial charge in [-0.25, -0.2) is 4.98 Å². The first kappa shape index (κ1) is 17.2. The molecule has 0 unspecified atom stereocenters. The molecule has 1 fully saturated rings. The average molecular weight is 356 g/mol. The van der Waals surface area contributed by atoms with Gasteiger partial charge in [0.05, 0.1) is 11.8 Å². The molecule has 4 rings (SSSR count). The van der Waals surface area contributed by atoms with E-state index in [1.807, 2.05) is 30.5 Å². The van der Waals surface area contributed by atoms with E-state index in [1.54, 1.807) is 12.4 Å². The molecule has 3 aromatic rings. The van der Waals surface area contributed by atoms with Gasteiger partial charge in [-0.15, -0.1) is 0 Å². The Kier molecular flexibility index (Phi) is 4.80. The summed E-state index contributed by atoms with van der Waals surface area (Å²) in [4.78, 5) is 25.0. The van der Waals surface area contributed by atoms with Crippen molar-refractivity contribution in [2.45, 2.75) is 37.6 Å². The Morgan fingerprint density at radius 1 is 1.00 bits per heavy atom. The number of nitrogens with one attached hydrogen (secondary N) is 1. The number of amides is 1. The number of hydrogen-bond acceptors (Lipinski definition) is 4. The Bertz CT molecular complexity index is 1010. The van der Waals surface area contributed by atoms with E-state index < -0.39 is 5.54 Å². The molecule has 0 spiro atoms. The summed E-state index contributed by atoms with van der Waals surface area (Å²) in [5.74, 6) is 6.44. The zero-order valence-electron chi connectivity index (χ0n) is 15.0. The first-order chi connectivity index (χ1) is 13.3. The third-order valence-corrected chi connectivity index (χ3v) is 4.96. The second kappa shape index (κ2) is 7.55. The minimum atomic E-state index is -0.538. The molecule has 1 aliphatic rings. The fourth-order valence-corrected chi connectivity index (χ4v) is 3.54. The summed E-state index contributed by atoms with van der Waals surface area (Å²) in [5.41, 5.74) is 0.659. The molecule has 1 aliphatic carbocycles. The molecule has 5 nitrogen and oxygen atoms in total. The van der Waals surface area contributed by atoms with Gasteiger partial charge < -0.3 is 5.32 Å². The molecule has 2 aromatic heterocycles. The molecule has 0 aliphatic heterocycles. The van der Waals surface area contributed by atoms with Crippen LogP contribution in [0, 0.1) is 11.8 Å². The summed E-state index contributed by atoms with van der Waals surface area (Å²) in [7, 11) is 0. The third kappa shape index (κ3) is 3.80. The van der Waals surface area contributed by atoms with Crippen molar-refractivity contribution in [1.29, 1.82) is 0 Å². The molecule has 0 atom stereocenters. The van der Waals surface area contributed by atoms with Crippen LogP contribution in [0.5, 0.6) is 0 Å². The summed E-state index contributed by atoms with van der Waals surface area (Å²) in [5, 5.41) is 5.27. The van der Waals surface area contributed by atoms with Gasteiger partial charge in [0.25, 0.3) is 5.91 Å². The monoisotopic (exact) mass is 356 g/mol. The molecular weight excluding hydrogens is 336 g/mol. The number of pyridine rings is 1. The Hall–Kier alpha value is -3.26. The fraction of sp³-hybridized carbons (Fsp3) is 0.273. The standard InChI is InChI=1S/C22H20N4O/c27-21(20-16-23-12-13-25-20)26-22(9-4-1-5-10-22)11-8-18-15-24-14-17-6-2-3-7-19(17)18/h2-3,6-7,12-16H,1,4-5,9-10H2,(H,26,27). The van der Waals surface area contributed by atoms with E-state index in [2.05, 4.69) is 32.1 Å². The van der Waals surface area contributed by atoms with Crippen LogP contribution in [-0.2, 0) is 0 Å². The Balaban J connectivity index is 1.67. The number of hydrogen-bond donors (Lipinski definition) is 1. The van der Waals surface area contributed by atoms with Crippen LogP contribution in [0.2, 0.25) is 0 Å². The second-order valence-electron chi connectivity index (χ2n) is 6.85. The van der Waals surface area contributed by atoms with Crippen molar-refractivity contribution in [3.05, 3.63) is 66.5 Å². The maximum atomic E-state index is 12.6. The highest BCUT2D eigenvalue weighted by Gasteiger charge is 2.32. The van der Waals surface area contributed by atoms with Gasteiger partial charge >= 0.3 is 0 Å². The van der Waals surface area contributed by atoms with Crippen molar-refractivity contribution in [3.8, 4) is 11.8 Å². The van der Waals surface area contributed by atoms with Crippen LogP contribution in [-0.4, -0.2) is 26.4 Å². The maximum Gasteiger partial charge on any atom is 0.272 e.